The number of aromatic nitrogens is 4. The van der Waals surface area contributed by atoms with Gasteiger partial charge in [-0.2, -0.15) is 0 Å². The van der Waals surface area contributed by atoms with Crippen molar-refractivity contribution in [2.45, 2.75) is 0 Å². The van der Waals surface area contributed by atoms with E-state index >= 15 is 0 Å². The first-order valence-electron chi connectivity index (χ1n) is 18.3. The third-order valence-corrected chi connectivity index (χ3v) is 10.7. The van der Waals surface area contributed by atoms with Crippen LogP contribution in [0.15, 0.2) is 194 Å². The van der Waals surface area contributed by atoms with Gasteiger partial charge in [-0.25, -0.2) is 9.97 Å². The molecule has 11 rings (SSSR count). The minimum absolute atomic E-state index is 0.713. The van der Waals surface area contributed by atoms with Gasteiger partial charge in [-0.05, 0) is 60.0 Å². The SMILES string of the molecule is c1ccc(-c2cc(-c3ccc4c(-n5c6ccccc6c6cc7c8ccccc8n(-c8ccccc8)c7cc65)cccc4c3)nc(-c3ccccc3)n2)cc1. The van der Waals surface area contributed by atoms with E-state index in [0.717, 1.165) is 44.8 Å². The molecule has 0 bridgehead atoms. The minimum Gasteiger partial charge on any atom is -0.309 e. The normalized spacial score (nSPS) is 11.7. The van der Waals surface area contributed by atoms with Gasteiger partial charge in [-0.3, -0.25) is 0 Å². The first-order chi connectivity index (χ1) is 26.8. The number of fused-ring (bicyclic) bond motifs is 7. The van der Waals surface area contributed by atoms with Crippen molar-refractivity contribution >= 4 is 54.4 Å². The summed E-state index contributed by atoms with van der Waals surface area (Å²) in [5.74, 6) is 0.713. The van der Waals surface area contributed by atoms with E-state index in [9.17, 15) is 0 Å². The average Bonchev–Trinajstić information content (AvgIpc) is 3.75. The summed E-state index contributed by atoms with van der Waals surface area (Å²) in [5.41, 5.74) is 11.9. The second kappa shape index (κ2) is 12.1. The molecule has 11 aromatic rings. The van der Waals surface area contributed by atoms with Crippen LogP contribution in [0.3, 0.4) is 0 Å². The Morgan fingerprint density at radius 2 is 0.889 bits per heavy atom. The van der Waals surface area contributed by atoms with Crippen LogP contribution in [0.25, 0.3) is 99.7 Å². The predicted molar refractivity (Wildman–Crippen MR) is 225 cm³/mol. The smallest absolute Gasteiger partial charge is 0.160 e. The summed E-state index contributed by atoms with van der Waals surface area (Å²) < 4.78 is 4.85. The Balaban J connectivity index is 1.14. The minimum atomic E-state index is 0.713. The molecule has 54 heavy (non-hydrogen) atoms. The second-order valence-corrected chi connectivity index (χ2v) is 13.8. The summed E-state index contributed by atoms with van der Waals surface area (Å²) in [6, 6.07) is 69.1. The van der Waals surface area contributed by atoms with Crippen molar-refractivity contribution in [1.29, 1.82) is 0 Å². The maximum absolute atomic E-state index is 5.12. The van der Waals surface area contributed by atoms with E-state index in [4.69, 9.17) is 9.97 Å². The number of hydrogen-bond donors (Lipinski definition) is 0. The molecule has 0 unspecified atom stereocenters. The van der Waals surface area contributed by atoms with Gasteiger partial charge in [-0.1, -0.05) is 140 Å². The number of benzene rings is 8. The largest absolute Gasteiger partial charge is 0.309 e. The molecular formula is C50H32N4. The summed E-state index contributed by atoms with van der Waals surface area (Å²) in [6.07, 6.45) is 0. The number of hydrogen-bond acceptors (Lipinski definition) is 2. The molecule has 0 saturated heterocycles. The molecule has 0 N–H and O–H groups in total. The molecule has 0 aliphatic heterocycles. The third-order valence-electron chi connectivity index (χ3n) is 10.7. The average molecular weight is 689 g/mol. The molecular weight excluding hydrogens is 657 g/mol. The molecule has 0 radical (unpaired) electrons. The fourth-order valence-electron chi connectivity index (χ4n) is 8.23. The van der Waals surface area contributed by atoms with E-state index in [0.29, 0.717) is 5.82 Å². The van der Waals surface area contributed by atoms with Gasteiger partial charge in [0.25, 0.3) is 0 Å². The lowest BCUT2D eigenvalue weighted by Crippen LogP contribution is -1.97. The molecule has 4 heteroatoms. The maximum atomic E-state index is 5.12. The van der Waals surface area contributed by atoms with Gasteiger partial charge in [0.2, 0.25) is 0 Å². The second-order valence-electron chi connectivity index (χ2n) is 13.8. The van der Waals surface area contributed by atoms with E-state index in [-0.39, 0.29) is 0 Å². The number of para-hydroxylation sites is 3. The highest BCUT2D eigenvalue weighted by Crippen LogP contribution is 2.41. The number of nitrogens with zero attached hydrogens (tertiary/aromatic N) is 4. The van der Waals surface area contributed by atoms with E-state index in [2.05, 4.69) is 179 Å². The molecule has 0 saturated carbocycles. The van der Waals surface area contributed by atoms with Gasteiger partial charge < -0.3 is 9.13 Å². The molecule has 4 nitrogen and oxygen atoms in total. The highest BCUT2D eigenvalue weighted by atomic mass is 15.0. The van der Waals surface area contributed by atoms with Crippen molar-refractivity contribution in [3.8, 4) is 45.3 Å². The molecule has 0 fully saturated rings. The molecule has 0 spiro atoms. The Bertz CT molecular complexity index is 3140. The van der Waals surface area contributed by atoms with Crippen LogP contribution in [0.5, 0.6) is 0 Å². The van der Waals surface area contributed by atoms with Gasteiger partial charge in [-0.15, -0.1) is 0 Å². The van der Waals surface area contributed by atoms with Crippen molar-refractivity contribution in [1.82, 2.24) is 19.1 Å². The molecule has 0 aliphatic carbocycles. The Kier molecular flexibility index (Phi) is 6.82. The molecule has 3 heterocycles. The van der Waals surface area contributed by atoms with Crippen LogP contribution < -0.4 is 0 Å². The topological polar surface area (TPSA) is 35.6 Å². The van der Waals surface area contributed by atoms with Crippen LogP contribution in [0.1, 0.15) is 0 Å². The maximum Gasteiger partial charge on any atom is 0.160 e. The van der Waals surface area contributed by atoms with E-state index in [1.165, 1.54) is 49.0 Å². The summed E-state index contributed by atoms with van der Waals surface area (Å²) in [4.78, 5) is 10.1. The van der Waals surface area contributed by atoms with Gasteiger partial charge in [0, 0.05) is 49.3 Å². The van der Waals surface area contributed by atoms with Crippen molar-refractivity contribution < 1.29 is 0 Å². The van der Waals surface area contributed by atoms with Crippen molar-refractivity contribution in [3.63, 3.8) is 0 Å². The summed E-state index contributed by atoms with van der Waals surface area (Å²) in [7, 11) is 0. The first-order valence-corrected chi connectivity index (χ1v) is 18.3. The van der Waals surface area contributed by atoms with Gasteiger partial charge in [0.15, 0.2) is 5.82 Å². The van der Waals surface area contributed by atoms with Gasteiger partial charge >= 0.3 is 0 Å². The van der Waals surface area contributed by atoms with Crippen LogP contribution in [0.4, 0.5) is 0 Å². The standard InChI is InChI=1S/C50H32N4/c1-4-15-33(16-5-1)43-31-44(52-50(51-43)34-17-6-2-7-18-34)36-27-28-38-35(29-36)19-14-26-45(38)54-47-25-13-11-23-40(47)42-30-41-39-22-10-12-24-46(39)53(48(41)32-49(42)54)37-20-8-3-9-21-37/h1-32H. The Hall–Kier alpha value is -7.30. The van der Waals surface area contributed by atoms with Crippen molar-refractivity contribution in [2.24, 2.45) is 0 Å². The predicted octanol–water partition coefficient (Wildman–Crippen LogP) is 12.8. The van der Waals surface area contributed by atoms with Crippen molar-refractivity contribution in [2.75, 3.05) is 0 Å². The lowest BCUT2D eigenvalue weighted by molar-refractivity contribution is 1.17. The first kappa shape index (κ1) is 30.3. The van der Waals surface area contributed by atoms with Gasteiger partial charge in [0.1, 0.15) is 0 Å². The Morgan fingerprint density at radius 3 is 1.59 bits per heavy atom. The molecule has 0 atom stereocenters. The van der Waals surface area contributed by atoms with Gasteiger partial charge in [0.05, 0.1) is 39.1 Å². The molecule has 252 valence electrons. The summed E-state index contributed by atoms with van der Waals surface area (Å²) in [5, 5.41) is 7.31. The zero-order valence-electron chi connectivity index (χ0n) is 29.3. The zero-order valence-corrected chi connectivity index (χ0v) is 29.3. The fourth-order valence-corrected chi connectivity index (χ4v) is 8.23. The summed E-state index contributed by atoms with van der Waals surface area (Å²) in [6.45, 7) is 0. The number of rotatable bonds is 5. The molecule has 3 aromatic heterocycles. The fraction of sp³-hybridized carbons (Fsp3) is 0. The third kappa shape index (κ3) is 4.78. The Labute approximate surface area is 311 Å². The lowest BCUT2D eigenvalue weighted by Gasteiger charge is -2.14. The van der Waals surface area contributed by atoms with Crippen LogP contribution in [-0.2, 0) is 0 Å². The van der Waals surface area contributed by atoms with Crippen molar-refractivity contribution in [3.05, 3.63) is 194 Å². The van der Waals surface area contributed by atoms with Crippen LogP contribution >= 0.6 is 0 Å². The van der Waals surface area contributed by atoms with Crippen LogP contribution in [0.2, 0.25) is 0 Å². The van der Waals surface area contributed by atoms with E-state index in [1.807, 2.05) is 24.3 Å². The highest BCUT2D eigenvalue weighted by Gasteiger charge is 2.19. The quantitative estimate of drug-likeness (QED) is 0.180. The van der Waals surface area contributed by atoms with E-state index in [1.54, 1.807) is 0 Å². The Morgan fingerprint density at radius 1 is 0.315 bits per heavy atom. The highest BCUT2D eigenvalue weighted by molar-refractivity contribution is 6.19. The van der Waals surface area contributed by atoms with E-state index < -0.39 is 0 Å². The van der Waals surface area contributed by atoms with Crippen LogP contribution in [-0.4, -0.2) is 19.1 Å². The zero-order chi connectivity index (χ0) is 35.6. The monoisotopic (exact) mass is 688 g/mol. The van der Waals surface area contributed by atoms with Crippen LogP contribution in [0, 0.1) is 0 Å². The lowest BCUT2D eigenvalue weighted by atomic mass is 10.0. The molecule has 0 aliphatic rings. The summed E-state index contributed by atoms with van der Waals surface area (Å²) >= 11 is 0. The molecule has 0 amide bonds. The molecule has 8 aromatic carbocycles.